The molecule has 3 amide bonds. The van der Waals surface area contributed by atoms with E-state index in [-0.39, 0.29) is 36.4 Å². The summed E-state index contributed by atoms with van der Waals surface area (Å²) in [5, 5.41) is 7.58. The van der Waals surface area contributed by atoms with E-state index >= 15 is 0 Å². The van der Waals surface area contributed by atoms with Crippen molar-refractivity contribution in [3.8, 4) is 0 Å². The highest BCUT2D eigenvalue weighted by Crippen LogP contribution is 2.32. The van der Waals surface area contributed by atoms with E-state index in [1.807, 2.05) is 0 Å². The van der Waals surface area contributed by atoms with Crippen molar-refractivity contribution in [2.24, 2.45) is 0 Å². The minimum Gasteiger partial charge on any atom is -0.367 e. The maximum Gasteiger partial charge on any atom is 0.417 e. The molecule has 176 valence electrons. The van der Waals surface area contributed by atoms with E-state index in [9.17, 15) is 27.6 Å². The maximum atomic E-state index is 12.6. The fourth-order valence-electron chi connectivity index (χ4n) is 3.14. The summed E-state index contributed by atoms with van der Waals surface area (Å²) in [6.45, 7) is 0.686. The molecule has 1 aliphatic heterocycles. The second-order valence-electron chi connectivity index (χ2n) is 7.21. The van der Waals surface area contributed by atoms with Crippen molar-refractivity contribution in [1.82, 2.24) is 15.6 Å². The Morgan fingerprint density at radius 3 is 2.45 bits per heavy atom. The summed E-state index contributed by atoms with van der Waals surface area (Å²) in [5.74, 6) is -0.778. The van der Waals surface area contributed by atoms with Gasteiger partial charge in [0.25, 0.3) is 5.91 Å². The predicted molar refractivity (Wildman–Crippen MR) is 116 cm³/mol. The molecule has 1 saturated heterocycles. The molecule has 3 N–H and O–H groups in total. The second-order valence-corrected chi connectivity index (χ2v) is 7.61. The quantitative estimate of drug-likeness (QED) is 0.501. The molecule has 1 aliphatic rings. The first-order chi connectivity index (χ1) is 15.6. The average Bonchev–Trinajstić information content (AvgIpc) is 3.21. The molecule has 0 spiro atoms. The molecule has 0 bridgehead atoms. The van der Waals surface area contributed by atoms with E-state index < -0.39 is 23.6 Å². The molecule has 0 saturated carbocycles. The first-order valence-electron chi connectivity index (χ1n) is 10.1. The van der Waals surface area contributed by atoms with Gasteiger partial charge in [0, 0.05) is 43.5 Å². The van der Waals surface area contributed by atoms with Gasteiger partial charge in [0.2, 0.25) is 11.8 Å². The van der Waals surface area contributed by atoms with Crippen LogP contribution >= 0.6 is 11.6 Å². The lowest BCUT2D eigenvalue weighted by Gasteiger charge is -2.15. The minimum absolute atomic E-state index is 0.0507. The fourth-order valence-corrected chi connectivity index (χ4v) is 3.38. The van der Waals surface area contributed by atoms with Gasteiger partial charge in [-0.1, -0.05) is 11.6 Å². The van der Waals surface area contributed by atoms with E-state index in [0.29, 0.717) is 24.7 Å². The zero-order valence-electron chi connectivity index (χ0n) is 17.3. The number of nitrogens with zero attached hydrogens (tertiary/aromatic N) is 2. The minimum atomic E-state index is -4.54. The lowest BCUT2D eigenvalue weighted by Crippen LogP contribution is -2.38. The number of rotatable bonds is 8. The van der Waals surface area contributed by atoms with Crippen LogP contribution in [0.2, 0.25) is 5.02 Å². The second kappa shape index (κ2) is 10.5. The number of anilines is 2. The van der Waals surface area contributed by atoms with Crippen molar-refractivity contribution in [2.45, 2.75) is 19.0 Å². The number of nitrogens with one attached hydrogen (secondary N) is 3. The number of carbonyl (C=O) groups excluding carboxylic acids is 3. The van der Waals surface area contributed by atoms with Crippen molar-refractivity contribution in [3.05, 3.63) is 52.7 Å². The third kappa shape index (κ3) is 6.58. The standard InChI is InChI=1S/C21H21ClF3N5O3/c22-16-10-14(21(23,24)25)11-28-19(16)27-8-7-26-17(31)12-29-20(33)13-3-5-15(6-4-13)30-9-1-2-18(30)32/h3-6,10-11H,1-2,7-9,12H2,(H,26,31)(H,27,28)(H,29,33). The van der Waals surface area contributed by atoms with E-state index in [1.165, 1.54) is 0 Å². The largest absolute Gasteiger partial charge is 0.417 e. The normalized spacial score (nSPS) is 13.7. The molecule has 1 aromatic carbocycles. The number of hydrogen-bond acceptors (Lipinski definition) is 5. The average molecular weight is 484 g/mol. The van der Waals surface area contributed by atoms with Gasteiger partial charge in [0.15, 0.2) is 0 Å². The first-order valence-corrected chi connectivity index (χ1v) is 10.4. The van der Waals surface area contributed by atoms with Gasteiger partial charge in [-0.25, -0.2) is 4.98 Å². The topological polar surface area (TPSA) is 103 Å². The molecule has 2 heterocycles. The number of amides is 3. The molecule has 0 radical (unpaired) electrons. The predicted octanol–water partition coefficient (Wildman–Crippen LogP) is 2.84. The smallest absolute Gasteiger partial charge is 0.367 e. The Labute approximate surface area is 192 Å². The zero-order chi connectivity index (χ0) is 24.0. The summed E-state index contributed by atoms with van der Waals surface area (Å²) in [7, 11) is 0. The molecule has 3 rings (SSSR count). The fraction of sp³-hybridized carbons (Fsp3) is 0.333. The molecule has 12 heteroatoms. The summed E-state index contributed by atoms with van der Waals surface area (Å²) in [6, 6.07) is 7.30. The van der Waals surface area contributed by atoms with Crippen LogP contribution in [0.4, 0.5) is 24.7 Å². The summed E-state index contributed by atoms with van der Waals surface area (Å²) < 4.78 is 37.9. The summed E-state index contributed by atoms with van der Waals surface area (Å²) in [6.07, 6.45) is -2.55. The molecule has 2 aromatic rings. The van der Waals surface area contributed by atoms with Gasteiger partial charge < -0.3 is 20.9 Å². The van der Waals surface area contributed by atoms with Crippen molar-refractivity contribution >= 4 is 40.8 Å². The Morgan fingerprint density at radius 1 is 1.12 bits per heavy atom. The van der Waals surface area contributed by atoms with Gasteiger partial charge in [-0.15, -0.1) is 0 Å². The van der Waals surface area contributed by atoms with E-state index in [1.54, 1.807) is 29.2 Å². The number of halogens is 4. The highest BCUT2D eigenvalue weighted by molar-refractivity contribution is 6.33. The van der Waals surface area contributed by atoms with Crippen LogP contribution in [-0.2, 0) is 15.8 Å². The van der Waals surface area contributed by atoms with Crippen LogP contribution in [0, 0.1) is 0 Å². The number of pyridine rings is 1. The number of alkyl halides is 3. The lowest BCUT2D eigenvalue weighted by atomic mass is 10.2. The zero-order valence-corrected chi connectivity index (χ0v) is 18.1. The number of benzene rings is 1. The van der Waals surface area contributed by atoms with E-state index in [4.69, 9.17) is 11.6 Å². The molecule has 33 heavy (non-hydrogen) atoms. The molecule has 1 fully saturated rings. The maximum absolute atomic E-state index is 12.6. The summed E-state index contributed by atoms with van der Waals surface area (Å²) >= 11 is 5.79. The van der Waals surface area contributed by atoms with Crippen LogP contribution in [0.3, 0.4) is 0 Å². The van der Waals surface area contributed by atoms with E-state index in [0.717, 1.165) is 18.2 Å². The molecule has 0 aliphatic carbocycles. The van der Waals surface area contributed by atoms with Gasteiger partial charge in [-0.2, -0.15) is 13.2 Å². The highest BCUT2D eigenvalue weighted by atomic mass is 35.5. The van der Waals surface area contributed by atoms with Crippen molar-refractivity contribution in [1.29, 1.82) is 0 Å². The van der Waals surface area contributed by atoms with Gasteiger partial charge >= 0.3 is 6.18 Å². The Balaban J connectivity index is 1.38. The highest BCUT2D eigenvalue weighted by Gasteiger charge is 2.31. The van der Waals surface area contributed by atoms with Crippen LogP contribution in [0.15, 0.2) is 36.5 Å². The Morgan fingerprint density at radius 2 is 1.85 bits per heavy atom. The van der Waals surface area contributed by atoms with Crippen LogP contribution in [-0.4, -0.2) is 48.9 Å². The van der Waals surface area contributed by atoms with Crippen molar-refractivity contribution < 1.29 is 27.6 Å². The van der Waals surface area contributed by atoms with E-state index in [2.05, 4.69) is 20.9 Å². The van der Waals surface area contributed by atoms with Crippen LogP contribution in [0.25, 0.3) is 0 Å². The van der Waals surface area contributed by atoms with Crippen molar-refractivity contribution in [2.75, 3.05) is 36.4 Å². The monoisotopic (exact) mass is 483 g/mol. The van der Waals surface area contributed by atoms with Gasteiger partial charge in [0.05, 0.1) is 17.1 Å². The van der Waals surface area contributed by atoms with Crippen LogP contribution in [0.5, 0.6) is 0 Å². The van der Waals surface area contributed by atoms with Gasteiger partial charge in [0.1, 0.15) is 5.82 Å². The van der Waals surface area contributed by atoms with Crippen LogP contribution < -0.4 is 20.9 Å². The third-order valence-corrected chi connectivity index (χ3v) is 5.12. The Kier molecular flexibility index (Phi) is 7.75. The Hall–Kier alpha value is -3.34. The Bertz CT molecular complexity index is 1030. The third-order valence-electron chi connectivity index (χ3n) is 4.83. The molecule has 0 atom stereocenters. The van der Waals surface area contributed by atoms with Gasteiger partial charge in [-0.3, -0.25) is 14.4 Å². The van der Waals surface area contributed by atoms with Crippen molar-refractivity contribution in [3.63, 3.8) is 0 Å². The number of hydrogen-bond donors (Lipinski definition) is 3. The molecular formula is C21H21ClF3N5O3. The van der Waals surface area contributed by atoms with Crippen LogP contribution in [0.1, 0.15) is 28.8 Å². The molecule has 0 unspecified atom stereocenters. The lowest BCUT2D eigenvalue weighted by molar-refractivity contribution is -0.137. The summed E-state index contributed by atoms with van der Waals surface area (Å²) in [5.41, 5.74) is 0.117. The number of carbonyl (C=O) groups is 3. The van der Waals surface area contributed by atoms with Gasteiger partial charge in [-0.05, 0) is 36.8 Å². The molecule has 1 aromatic heterocycles. The first kappa shape index (κ1) is 24.3. The molecular weight excluding hydrogens is 463 g/mol. The SMILES string of the molecule is O=C(CNC(=O)c1ccc(N2CCCC2=O)cc1)NCCNc1ncc(C(F)(F)F)cc1Cl. The summed E-state index contributed by atoms with van der Waals surface area (Å²) in [4.78, 5) is 41.2. The number of aromatic nitrogens is 1. The molecule has 8 nitrogen and oxygen atoms in total.